The van der Waals surface area contributed by atoms with Gasteiger partial charge in [0.05, 0.1) is 11.4 Å². The van der Waals surface area contributed by atoms with Crippen LogP contribution < -0.4 is 10.0 Å². The second-order valence-electron chi connectivity index (χ2n) is 7.69. The van der Waals surface area contributed by atoms with Crippen molar-refractivity contribution in [3.63, 3.8) is 0 Å². The molecule has 9 heteroatoms. The van der Waals surface area contributed by atoms with Crippen molar-refractivity contribution < 1.29 is 22.0 Å². The fourth-order valence-corrected chi connectivity index (χ4v) is 4.78. The molecule has 0 unspecified atom stereocenters. The van der Waals surface area contributed by atoms with Gasteiger partial charge in [0.1, 0.15) is 23.2 Å². The van der Waals surface area contributed by atoms with E-state index >= 15 is 0 Å². The lowest BCUT2D eigenvalue weighted by Gasteiger charge is -2.04. The second-order valence-corrected chi connectivity index (χ2v) is 9.34. The molecule has 3 aromatic rings. The van der Waals surface area contributed by atoms with Crippen LogP contribution in [0.1, 0.15) is 37.0 Å². The first-order valence-electron chi connectivity index (χ1n) is 10.7. The van der Waals surface area contributed by atoms with Gasteiger partial charge in [-0.15, -0.1) is 0 Å². The molecule has 0 radical (unpaired) electrons. The van der Waals surface area contributed by atoms with Gasteiger partial charge < -0.3 is 9.73 Å². The van der Waals surface area contributed by atoms with Gasteiger partial charge in [0.2, 0.25) is 5.91 Å². The smallest absolute Gasteiger partial charge is 0.263 e. The molecule has 0 fully saturated rings. The summed E-state index contributed by atoms with van der Waals surface area (Å²) in [6.07, 6.45) is 2.64. The summed E-state index contributed by atoms with van der Waals surface area (Å²) in [5.74, 6) is 1.24. The highest BCUT2D eigenvalue weighted by Crippen LogP contribution is 2.23. The lowest BCUT2D eigenvalue weighted by atomic mass is 10.2. The molecule has 0 aliphatic carbocycles. The quantitative estimate of drug-likeness (QED) is 0.463. The number of unbranched alkanes of at least 4 members (excludes halogenated alkanes) is 2. The van der Waals surface area contributed by atoms with Gasteiger partial charge >= 0.3 is 0 Å². The van der Waals surface area contributed by atoms with Crippen LogP contribution in [0, 0.1) is 5.82 Å². The molecule has 2 aromatic carbocycles. The van der Waals surface area contributed by atoms with Crippen LogP contribution in [-0.2, 0) is 21.4 Å². The zero-order valence-electron chi connectivity index (χ0n) is 17.9. The SMILES string of the molecule is O=C(CCCCCN=C1NS(=O)(=O)c2ccccc21)NCc1ccc(-c2ccc(F)cc2)o1. The van der Waals surface area contributed by atoms with Gasteiger partial charge in [-0.3, -0.25) is 14.5 Å². The standard InChI is InChI=1S/C24H24FN3O4S/c25-18-11-9-17(10-12-18)21-14-13-19(32-21)16-27-23(29)8-2-1-5-15-26-24-20-6-3-4-7-22(20)33(30,31)28-24/h3-4,6-7,9-14H,1-2,5,8,15-16H2,(H,26,28)(H,27,29). The predicted octanol–water partition coefficient (Wildman–Crippen LogP) is 4.00. The van der Waals surface area contributed by atoms with E-state index in [2.05, 4.69) is 15.0 Å². The third-order valence-corrected chi connectivity index (χ3v) is 6.64. The van der Waals surface area contributed by atoms with Crippen molar-refractivity contribution in [3.05, 3.63) is 77.8 Å². The van der Waals surface area contributed by atoms with Gasteiger partial charge in [0, 0.05) is 24.1 Å². The van der Waals surface area contributed by atoms with Crippen molar-refractivity contribution in [2.45, 2.75) is 37.1 Å². The third kappa shape index (κ3) is 5.67. The highest BCUT2D eigenvalue weighted by molar-refractivity contribution is 7.90. The van der Waals surface area contributed by atoms with E-state index in [1.165, 1.54) is 12.1 Å². The molecule has 0 bridgehead atoms. The van der Waals surface area contributed by atoms with Crippen LogP contribution in [0.25, 0.3) is 11.3 Å². The van der Waals surface area contributed by atoms with E-state index in [0.717, 1.165) is 18.4 Å². The predicted molar refractivity (Wildman–Crippen MR) is 123 cm³/mol. The number of aliphatic imine (C=N–C) groups is 1. The number of amides is 1. The Bertz CT molecular complexity index is 1270. The van der Waals surface area contributed by atoms with E-state index in [1.54, 1.807) is 48.5 Å². The molecule has 7 nitrogen and oxygen atoms in total. The number of hydrogen-bond acceptors (Lipinski definition) is 5. The number of amidine groups is 1. The van der Waals surface area contributed by atoms with Crippen LogP contribution in [0.2, 0.25) is 0 Å². The molecule has 1 aliphatic heterocycles. The van der Waals surface area contributed by atoms with E-state index in [0.29, 0.717) is 42.3 Å². The molecule has 0 saturated heterocycles. The van der Waals surface area contributed by atoms with Crippen molar-refractivity contribution in [1.29, 1.82) is 0 Å². The van der Waals surface area contributed by atoms with E-state index in [9.17, 15) is 17.6 Å². The first-order valence-corrected chi connectivity index (χ1v) is 12.2. The molecule has 33 heavy (non-hydrogen) atoms. The molecular formula is C24H24FN3O4S. The third-order valence-electron chi connectivity index (χ3n) is 5.24. The average molecular weight is 470 g/mol. The fraction of sp³-hybridized carbons (Fsp3) is 0.250. The Hall–Kier alpha value is -3.46. The zero-order chi connectivity index (χ0) is 23.3. The summed E-state index contributed by atoms with van der Waals surface area (Å²) in [4.78, 5) is 16.7. The number of furan rings is 1. The Labute approximate surface area is 191 Å². The van der Waals surface area contributed by atoms with E-state index in [1.807, 2.05) is 0 Å². The largest absolute Gasteiger partial charge is 0.459 e. The molecule has 4 rings (SSSR count). The number of benzene rings is 2. The Balaban J connectivity index is 1.15. The number of halogens is 1. The molecule has 2 heterocycles. The van der Waals surface area contributed by atoms with Crippen LogP contribution in [0.5, 0.6) is 0 Å². The number of nitrogens with one attached hydrogen (secondary N) is 2. The molecule has 1 aromatic heterocycles. The summed E-state index contributed by atoms with van der Waals surface area (Å²) in [5.41, 5.74) is 1.36. The number of carbonyl (C=O) groups excluding carboxylic acids is 1. The highest BCUT2D eigenvalue weighted by Gasteiger charge is 2.29. The first-order chi connectivity index (χ1) is 15.9. The molecule has 172 valence electrons. The minimum absolute atomic E-state index is 0.0708. The summed E-state index contributed by atoms with van der Waals surface area (Å²) >= 11 is 0. The maximum absolute atomic E-state index is 13.0. The van der Waals surface area contributed by atoms with E-state index in [-0.39, 0.29) is 23.2 Å². The van der Waals surface area contributed by atoms with Crippen LogP contribution in [0.15, 0.2) is 75.0 Å². The summed E-state index contributed by atoms with van der Waals surface area (Å²) in [6, 6.07) is 16.4. The number of nitrogens with zero attached hydrogens (tertiary/aromatic N) is 1. The molecule has 1 amide bonds. The van der Waals surface area contributed by atoms with Crippen molar-refractivity contribution in [2.24, 2.45) is 4.99 Å². The Kier molecular flexibility index (Phi) is 6.88. The summed E-state index contributed by atoms with van der Waals surface area (Å²) in [5, 5.41) is 2.83. The maximum Gasteiger partial charge on any atom is 0.263 e. The molecule has 0 spiro atoms. The lowest BCUT2D eigenvalue weighted by molar-refractivity contribution is -0.121. The minimum atomic E-state index is -3.52. The van der Waals surface area contributed by atoms with E-state index in [4.69, 9.17) is 4.42 Å². The first kappa shape index (κ1) is 22.7. The van der Waals surface area contributed by atoms with Crippen LogP contribution in [-0.4, -0.2) is 26.7 Å². The summed E-state index contributed by atoms with van der Waals surface area (Å²) in [7, 11) is -3.52. The summed E-state index contributed by atoms with van der Waals surface area (Å²) in [6.45, 7) is 0.763. The maximum atomic E-state index is 13.0. The van der Waals surface area contributed by atoms with Gasteiger partial charge in [-0.25, -0.2) is 12.8 Å². The summed E-state index contributed by atoms with van der Waals surface area (Å²) < 4.78 is 45.4. The van der Waals surface area contributed by atoms with Crippen LogP contribution >= 0.6 is 0 Å². The highest BCUT2D eigenvalue weighted by atomic mass is 32.2. The normalized spacial score (nSPS) is 15.2. The zero-order valence-corrected chi connectivity index (χ0v) is 18.7. The molecule has 1 aliphatic rings. The van der Waals surface area contributed by atoms with Gasteiger partial charge in [0.15, 0.2) is 0 Å². The molecular weight excluding hydrogens is 445 g/mol. The number of rotatable bonds is 9. The molecule has 2 N–H and O–H groups in total. The molecule has 0 saturated carbocycles. The van der Waals surface area contributed by atoms with Crippen molar-refractivity contribution in [1.82, 2.24) is 10.0 Å². The fourth-order valence-electron chi connectivity index (χ4n) is 3.53. The average Bonchev–Trinajstić information content (AvgIpc) is 3.38. The van der Waals surface area contributed by atoms with Crippen molar-refractivity contribution in [3.8, 4) is 11.3 Å². The van der Waals surface area contributed by atoms with Gasteiger partial charge in [-0.05, 0) is 61.4 Å². The van der Waals surface area contributed by atoms with Crippen molar-refractivity contribution in [2.75, 3.05) is 6.54 Å². The van der Waals surface area contributed by atoms with Gasteiger partial charge in [-0.2, -0.15) is 0 Å². The van der Waals surface area contributed by atoms with Crippen LogP contribution in [0.4, 0.5) is 4.39 Å². The van der Waals surface area contributed by atoms with Crippen LogP contribution in [0.3, 0.4) is 0 Å². The number of carbonyl (C=O) groups is 1. The number of sulfonamides is 1. The number of fused-ring (bicyclic) bond motifs is 1. The topological polar surface area (TPSA) is 101 Å². The Morgan fingerprint density at radius 2 is 1.79 bits per heavy atom. The Morgan fingerprint density at radius 3 is 2.61 bits per heavy atom. The lowest BCUT2D eigenvalue weighted by Crippen LogP contribution is -2.22. The van der Waals surface area contributed by atoms with Crippen molar-refractivity contribution >= 4 is 21.8 Å². The monoisotopic (exact) mass is 469 g/mol. The number of hydrogen-bond donors (Lipinski definition) is 2. The van der Waals surface area contributed by atoms with E-state index < -0.39 is 10.0 Å². The minimum Gasteiger partial charge on any atom is -0.459 e. The second kappa shape index (κ2) is 9.99. The van der Waals surface area contributed by atoms with Gasteiger partial charge in [0.25, 0.3) is 10.0 Å². The Morgan fingerprint density at radius 1 is 1.00 bits per heavy atom. The molecule has 0 atom stereocenters. The van der Waals surface area contributed by atoms with Gasteiger partial charge in [-0.1, -0.05) is 18.6 Å².